The molecule has 0 aromatic carbocycles. The molecule has 1 heterocycles. The van der Waals surface area contributed by atoms with Crippen LogP contribution in [0.4, 0.5) is 5.13 Å². The predicted molar refractivity (Wildman–Crippen MR) is 56.7 cm³/mol. The summed E-state index contributed by atoms with van der Waals surface area (Å²) in [5, 5.41) is 6.30. The highest BCUT2D eigenvalue weighted by atomic mass is 35.5. The molecule has 3 nitrogen and oxygen atoms in total. The van der Waals surface area contributed by atoms with Crippen LogP contribution in [0.3, 0.4) is 0 Å². The molecule has 1 aromatic rings. The van der Waals surface area contributed by atoms with E-state index in [1.807, 2.05) is 13.8 Å². The van der Waals surface area contributed by atoms with Crippen molar-refractivity contribution < 1.29 is 4.74 Å². The molecule has 0 aliphatic carbocycles. The van der Waals surface area contributed by atoms with Crippen molar-refractivity contribution >= 4 is 28.1 Å². The second-order valence-corrected chi connectivity index (χ2v) is 4.07. The Balaban J connectivity index is 2.13. The maximum Gasteiger partial charge on any atom is 0.184 e. The minimum atomic E-state index is 0.279. The zero-order valence-electron chi connectivity index (χ0n) is 7.71. The van der Waals surface area contributed by atoms with Gasteiger partial charge in [-0.05, 0) is 13.8 Å². The van der Waals surface area contributed by atoms with Gasteiger partial charge in [0.05, 0.1) is 12.7 Å². The molecule has 0 spiro atoms. The number of aromatic nitrogens is 1. The lowest BCUT2D eigenvalue weighted by atomic mass is 10.5. The van der Waals surface area contributed by atoms with Crippen molar-refractivity contribution in [2.75, 3.05) is 18.5 Å². The van der Waals surface area contributed by atoms with E-state index >= 15 is 0 Å². The summed E-state index contributed by atoms with van der Waals surface area (Å²) in [7, 11) is 0. The molecule has 0 fully saturated rings. The number of thiazole rings is 1. The lowest BCUT2D eigenvalue weighted by Crippen LogP contribution is -2.12. The number of nitrogens with one attached hydrogen (secondary N) is 1. The Morgan fingerprint density at radius 3 is 3.00 bits per heavy atom. The van der Waals surface area contributed by atoms with E-state index in [9.17, 15) is 0 Å². The maximum absolute atomic E-state index is 5.65. The van der Waals surface area contributed by atoms with Crippen LogP contribution in [0, 0.1) is 0 Å². The van der Waals surface area contributed by atoms with Crippen LogP contribution in [0.1, 0.15) is 13.8 Å². The molecular weight excluding hydrogens is 208 g/mol. The summed E-state index contributed by atoms with van der Waals surface area (Å²) in [5.74, 6) is 0. The monoisotopic (exact) mass is 220 g/mol. The first-order valence-electron chi connectivity index (χ1n) is 4.15. The topological polar surface area (TPSA) is 34.1 Å². The van der Waals surface area contributed by atoms with Crippen molar-refractivity contribution in [1.82, 2.24) is 4.98 Å². The number of hydrogen-bond donors (Lipinski definition) is 1. The first-order valence-corrected chi connectivity index (χ1v) is 5.40. The Morgan fingerprint density at radius 2 is 2.46 bits per heavy atom. The third kappa shape index (κ3) is 4.45. The summed E-state index contributed by atoms with van der Waals surface area (Å²) in [6.45, 7) is 5.48. The third-order valence-electron chi connectivity index (χ3n) is 1.31. The Labute approximate surface area is 87.1 Å². The molecule has 0 bridgehead atoms. The molecule has 0 saturated heterocycles. The van der Waals surface area contributed by atoms with Gasteiger partial charge in [0.2, 0.25) is 0 Å². The quantitative estimate of drug-likeness (QED) is 0.775. The van der Waals surface area contributed by atoms with Crippen LogP contribution in [0.2, 0.25) is 5.15 Å². The number of ether oxygens (including phenoxy) is 1. The van der Waals surface area contributed by atoms with E-state index in [4.69, 9.17) is 16.3 Å². The van der Waals surface area contributed by atoms with E-state index in [1.165, 1.54) is 11.3 Å². The van der Waals surface area contributed by atoms with Crippen LogP contribution < -0.4 is 5.32 Å². The Kier molecular flexibility index (Phi) is 4.48. The number of nitrogens with zero attached hydrogens (tertiary/aromatic N) is 1. The fraction of sp³-hybridized carbons (Fsp3) is 0.625. The first kappa shape index (κ1) is 10.8. The van der Waals surface area contributed by atoms with Gasteiger partial charge in [0.15, 0.2) is 5.13 Å². The van der Waals surface area contributed by atoms with Gasteiger partial charge in [-0.25, -0.2) is 4.98 Å². The molecule has 0 saturated carbocycles. The van der Waals surface area contributed by atoms with Crippen LogP contribution in [0.5, 0.6) is 0 Å². The van der Waals surface area contributed by atoms with Gasteiger partial charge < -0.3 is 10.1 Å². The van der Waals surface area contributed by atoms with Gasteiger partial charge in [0.1, 0.15) is 5.15 Å². The van der Waals surface area contributed by atoms with Gasteiger partial charge in [-0.2, -0.15) is 0 Å². The number of halogens is 1. The zero-order valence-corrected chi connectivity index (χ0v) is 9.28. The summed E-state index contributed by atoms with van der Waals surface area (Å²) in [5.41, 5.74) is 0. The van der Waals surface area contributed by atoms with Crippen LogP contribution in [0.25, 0.3) is 0 Å². The average molecular weight is 221 g/mol. The van der Waals surface area contributed by atoms with Crippen LogP contribution in [-0.2, 0) is 4.74 Å². The largest absolute Gasteiger partial charge is 0.377 e. The summed E-state index contributed by atoms with van der Waals surface area (Å²) in [4.78, 5) is 4.04. The molecule has 0 aliphatic heterocycles. The Bertz CT molecular complexity index is 252. The highest BCUT2D eigenvalue weighted by molar-refractivity contribution is 7.14. The highest BCUT2D eigenvalue weighted by Crippen LogP contribution is 2.18. The molecule has 0 unspecified atom stereocenters. The normalized spacial score (nSPS) is 10.8. The SMILES string of the molecule is CC(C)OCCNc1nc(Cl)cs1. The minimum absolute atomic E-state index is 0.279. The van der Waals surface area contributed by atoms with E-state index in [1.54, 1.807) is 5.38 Å². The summed E-state index contributed by atoms with van der Waals surface area (Å²) >= 11 is 7.15. The molecule has 0 amide bonds. The van der Waals surface area contributed by atoms with E-state index < -0.39 is 0 Å². The van der Waals surface area contributed by atoms with E-state index in [0.717, 1.165) is 11.7 Å². The summed E-state index contributed by atoms with van der Waals surface area (Å²) in [6, 6.07) is 0. The van der Waals surface area contributed by atoms with E-state index in [2.05, 4.69) is 10.3 Å². The Hall–Kier alpha value is -0.320. The van der Waals surface area contributed by atoms with Crippen LogP contribution >= 0.6 is 22.9 Å². The van der Waals surface area contributed by atoms with Crippen molar-refractivity contribution in [3.8, 4) is 0 Å². The second-order valence-electron chi connectivity index (χ2n) is 2.82. The Morgan fingerprint density at radius 1 is 1.69 bits per heavy atom. The molecule has 0 radical (unpaired) electrons. The second kappa shape index (κ2) is 5.42. The van der Waals surface area contributed by atoms with Crippen molar-refractivity contribution in [1.29, 1.82) is 0 Å². The molecule has 5 heteroatoms. The zero-order chi connectivity index (χ0) is 9.68. The van der Waals surface area contributed by atoms with Gasteiger partial charge in [0, 0.05) is 11.9 Å². The molecule has 1 aromatic heterocycles. The minimum Gasteiger partial charge on any atom is -0.377 e. The van der Waals surface area contributed by atoms with Crippen molar-refractivity contribution in [3.63, 3.8) is 0 Å². The first-order chi connectivity index (χ1) is 6.18. The summed E-state index contributed by atoms with van der Waals surface area (Å²) < 4.78 is 5.35. The van der Waals surface area contributed by atoms with Crippen molar-refractivity contribution in [2.24, 2.45) is 0 Å². The van der Waals surface area contributed by atoms with Crippen molar-refractivity contribution in [2.45, 2.75) is 20.0 Å². The lowest BCUT2D eigenvalue weighted by Gasteiger charge is -2.07. The molecule has 1 N–H and O–H groups in total. The fourth-order valence-corrected chi connectivity index (χ4v) is 1.65. The van der Waals surface area contributed by atoms with Crippen LogP contribution in [-0.4, -0.2) is 24.2 Å². The predicted octanol–water partition coefficient (Wildman–Crippen LogP) is 2.63. The highest BCUT2D eigenvalue weighted by Gasteiger charge is 1.98. The standard InChI is InChI=1S/C8H13ClN2OS/c1-6(2)12-4-3-10-8-11-7(9)5-13-8/h5-6H,3-4H2,1-2H3,(H,10,11). The lowest BCUT2D eigenvalue weighted by molar-refractivity contribution is 0.0870. The maximum atomic E-state index is 5.65. The molecule has 1 rings (SSSR count). The molecule has 74 valence electrons. The van der Waals surface area contributed by atoms with E-state index in [0.29, 0.717) is 11.8 Å². The smallest absolute Gasteiger partial charge is 0.184 e. The molecule has 13 heavy (non-hydrogen) atoms. The fourth-order valence-electron chi connectivity index (χ4n) is 0.788. The molecule has 0 atom stereocenters. The van der Waals surface area contributed by atoms with Gasteiger partial charge in [0.25, 0.3) is 0 Å². The third-order valence-corrected chi connectivity index (χ3v) is 2.43. The summed E-state index contributed by atoms with van der Waals surface area (Å²) in [6.07, 6.45) is 0.279. The van der Waals surface area contributed by atoms with Crippen LogP contribution in [0.15, 0.2) is 5.38 Å². The number of hydrogen-bond acceptors (Lipinski definition) is 4. The van der Waals surface area contributed by atoms with Crippen molar-refractivity contribution in [3.05, 3.63) is 10.5 Å². The van der Waals surface area contributed by atoms with E-state index in [-0.39, 0.29) is 6.10 Å². The molecule has 0 aliphatic rings. The average Bonchev–Trinajstić information content (AvgIpc) is 2.45. The molecular formula is C8H13ClN2OS. The van der Waals surface area contributed by atoms with Gasteiger partial charge in [-0.3, -0.25) is 0 Å². The number of anilines is 1. The number of rotatable bonds is 5. The van der Waals surface area contributed by atoms with Gasteiger partial charge in [-0.15, -0.1) is 11.3 Å². The van der Waals surface area contributed by atoms with Gasteiger partial charge >= 0.3 is 0 Å². The van der Waals surface area contributed by atoms with Gasteiger partial charge in [-0.1, -0.05) is 11.6 Å².